The van der Waals surface area contributed by atoms with E-state index in [9.17, 15) is 4.79 Å². The summed E-state index contributed by atoms with van der Waals surface area (Å²) < 4.78 is 16.7. The van der Waals surface area contributed by atoms with Gasteiger partial charge in [0.25, 0.3) is 0 Å². The second-order valence-corrected chi connectivity index (χ2v) is 4.88. The van der Waals surface area contributed by atoms with Crippen LogP contribution in [0.4, 0.5) is 0 Å². The summed E-state index contributed by atoms with van der Waals surface area (Å²) in [5, 5.41) is 0. The summed E-state index contributed by atoms with van der Waals surface area (Å²) in [6, 6.07) is 13.1. The van der Waals surface area contributed by atoms with E-state index < -0.39 is 0 Å². The number of aldehydes is 1. The van der Waals surface area contributed by atoms with Crippen molar-refractivity contribution >= 4 is 6.29 Å². The maximum Gasteiger partial charge on any atom is 0.161 e. The maximum atomic E-state index is 10.9. The minimum absolute atomic E-state index is 0.186. The Labute approximate surface area is 123 Å². The van der Waals surface area contributed by atoms with Crippen LogP contribution >= 0.6 is 0 Å². The lowest BCUT2D eigenvalue weighted by molar-refractivity contribution is 0.112. The van der Waals surface area contributed by atoms with E-state index in [0.717, 1.165) is 17.6 Å². The largest absolute Gasteiger partial charge is 0.493 e. The van der Waals surface area contributed by atoms with Crippen LogP contribution in [0.15, 0.2) is 42.5 Å². The van der Waals surface area contributed by atoms with Crippen molar-refractivity contribution in [1.29, 1.82) is 0 Å². The van der Waals surface area contributed by atoms with Gasteiger partial charge in [0.15, 0.2) is 11.5 Å². The predicted molar refractivity (Wildman–Crippen MR) is 78.6 cm³/mol. The molecule has 0 amide bonds. The van der Waals surface area contributed by atoms with Gasteiger partial charge in [-0.2, -0.15) is 0 Å². The molecule has 2 aromatic carbocycles. The molecule has 0 bridgehead atoms. The second kappa shape index (κ2) is 5.87. The van der Waals surface area contributed by atoms with E-state index in [1.54, 1.807) is 25.3 Å². The standard InChI is InChI=1S/C17H16O4/c1-19-16-7-6-12(9-18)8-17(16)21-11-13-10-20-15-5-3-2-4-14(13)15/h2-9,13H,10-11H2,1H3. The fraction of sp³-hybridized carbons (Fsp3) is 0.235. The van der Waals surface area contributed by atoms with Crippen molar-refractivity contribution in [3.8, 4) is 17.2 Å². The van der Waals surface area contributed by atoms with Gasteiger partial charge in [0, 0.05) is 11.1 Å². The molecular formula is C17H16O4. The third-order valence-corrected chi connectivity index (χ3v) is 3.56. The molecule has 0 N–H and O–H groups in total. The number of carbonyl (C=O) groups is 1. The first-order valence-electron chi connectivity index (χ1n) is 6.79. The van der Waals surface area contributed by atoms with Gasteiger partial charge >= 0.3 is 0 Å². The van der Waals surface area contributed by atoms with E-state index in [1.165, 1.54) is 0 Å². The molecule has 1 aliphatic heterocycles. The first-order chi connectivity index (χ1) is 10.3. The zero-order chi connectivity index (χ0) is 14.7. The molecule has 1 aliphatic rings. The summed E-state index contributed by atoms with van der Waals surface area (Å²) in [6.45, 7) is 1.09. The predicted octanol–water partition coefficient (Wildman–Crippen LogP) is 3.06. The van der Waals surface area contributed by atoms with E-state index in [0.29, 0.717) is 30.3 Å². The average Bonchev–Trinajstić information content (AvgIpc) is 2.96. The van der Waals surface area contributed by atoms with E-state index in [4.69, 9.17) is 14.2 Å². The normalized spacial score (nSPS) is 16.0. The van der Waals surface area contributed by atoms with Crippen molar-refractivity contribution in [2.45, 2.75) is 5.92 Å². The summed E-state index contributed by atoms with van der Waals surface area (Å²) in [5.74, 6) is 2.30. The number of carbonyl (C=O) groups excluding carboxylic acids is 1. The van der Waals surface area contributed by atoms with Gasteiger partial charge in [-0.1, -0.05) is 18.2 Å². The Hall–Kier alpha value is -2.49. The summed E-state index contributed by atoms with van der Waals surface area (Å²) in [6.07, 6.45) is 0.792. The van der Waals surface area contributed by atoms with Gasteiger partial charge in [0.2, 0.25) is 0 Å². The van der Waals surface area contributed by atoms with Gasteiger partial charge in [0.05, 0.1) is 26.2 Å². The van der Waals surface area contributed by atoms with Crippen LogP contribution in [0.25, 0.3) is 0 Å². The zero-order valence-corrected chi connectivity index (χ0v) is 11.7. The Bertz CT molecular complexity index is 651. The minimum atomic E-state index is 0.186. The molecule has 0 fully saturated rings. The molecule has 108 valence electrons. The van der Waals surface area contributed by atoms with Crippen LogP contribution in [0, 0.1) is 0 Å². The highest BCUT2D eigenvalue weighted by Crippen LogP contribution is 2.35. The Kier molecular flexibility index (Phi) is 3.77. The third-order valence-electron chi connectivity index (χ3n) is 3.56. The summed E-state index contributed by atoms with van der Waals surface area (Å²) >= 11 is 0. The molecule has 2 aromatic rings. The number of benzene rings is 2. The number of hydrogen-bond acceptors (Lipinski definition) is 4. The van der Waals surface area contributed by atoms with Gasteiger partial charge < -0.3 is 14.2 Å². The van der Waals surface area contributed by atoms with Crippen LogP contribution in [0.2, 0.25) is 0 Å². The van der Waals surface area contributed by atoms with Crippen molar-refractivity contribution in [3.63, 3.8) is 0 Å². The van der Waals surface area contributed by atoms with Crippen molar-refractivity contribution in [1.82, 2.24) is 0 Å². The van der Waals surface area contributed by atoms with Gasteiger partial charge in [-0.05, 0) is 24.3 Å². The number of para-hydroxylation sites is 1. The molecule has 21 heavy (non-hydrogen) atoms. The second-order valence-electron chi connectivity index (χ2n) is 4.88. The van der Waals surface area contributed by atoms with Crippen molar-refractivity contribution in [2.24, 2.45) is 0 Å². The van der Waals surface area contributed by atoms with E-state index in [-0.39, 0.29) is 5.92 Å². The number of fused-ring (bicyclic) bond motifs is 1. The highest BCUT2D eigenvalue weighted by atomic mass is 16.5. The van der Waals surface area contributed by atoms with E-state index >= 15 is 0 Å². The molecule has 1 unspecified atom stereocenters. The van der Waals surface area contributed by atoms with Crippen molar-refractivity contribution in [2.75, 3.05) is 20.3 Å². The third kappa shape index (κ3) is 2.70. The minimum Gasteiger partial charge on any atom is -0.493 e. The lowest BCUT2D eigenvalue weighted by atomic mass is 10.0. The molecule has 4 heteroatoms. The molecule has 3 rings (SSSR count). The topological polar surface area (TPSA) is 44.8 Å². The fourth-order valence-corrected chi connectivity index (χ4v) is 2.44. The maximum absolute atomic E-state index is 10.9. The van der Waals surface area contributed by atoms with Crippen LogP contribution in [0.3, 0.4) is 0 Å². The Morgan fingerprint density at radius 2 is 2.10 bits per heavy atom. The van der Waals surface area contributed by atoms with Gasteiger partial charge in [-0.15, -0.1) is 0 Å². The van der Waals surface area contributed by atoms with Crippen molar-refractivity contribution in [3.05, 3.63) is 53.6 Å². The lowest BCUT2D eigenvalue weighted by Crippen LogP contribution is -2.12. The molecule has 0 spiro atoms. The molecule has 1 atom stereocenters. The molecule has 0 saturated carbocycles. The van der Waals surface area contributed by atoms with Gasteiger partial charge in [0.1, 0.15) is 12.0 Å². The zero-order valence-electron chi connectivity index (χ0n) is 11.7. The Morgan fingerprint density at radius 3 is 2.90 bits per heavy atom. The Balaban J connectivity index is 1.75. The van der Waals surface area contributed by atoms with Crippen LogP contribution < -0.4 is 14.2 Å². The van der Waals surface area contributed by atoms with Crippen molar-refractivity contribution < 1.29 is 19.0 Å². The highest BCUT2D eigenvalue weighted by molar-refractivity contribution is 5.76. The smallest absolute Gasteiger partial charge is 0.161 e. The van der Waals surface area contributed by atoms with Gasteiger partial charge in [-0.3, -0.25) is 4.79 Å². The lowest BCUT2D eigenvalue weighted by Gasteiger charge is -2.14. The number of rotatable bonds is 5. The van der Waals surface area contributed by atoms with E-state index in [1.807, 2.05) is 18.2 Å². The average molecular weight is 284 g/mol. The molecule has 4 nitrogen and oxygen atoms in total. The summed E-state index contributed by atoms with van der Waals surface area (Å²) in [5.41, 5.74) is 1.72. The quantitative estimate of drug-likeness (QED) is 0.792. The first kappa shape index (κ1) is 13.5. The molecule has 0 aliphatic carbocycles. The van der Waals surface area contributed by atoms with E-state index in [2.05, 4.69) is 6.07 Å². The number of methoxy groups -OCH3 is 1. The van der Waals surface area contributed by atoms with Crippen LogP contribution in [0.5, 0.6) is 17.2 Å². The number of ether oxygens (including phenoxy) is 3. The van der Waals surface area contributed by atoms with Gasteiger partial charge in [-0.25, -0.2) is 0 Å². The Morgan fingerprint density at radius 1 is 1.24 bits per heavy atom. The van der Waals surface area contributed by atoms with Crippen LogP contribution in [-0.4, -0.2) is 26.6 Å². The van der Waals surface area contributed by atoms with Crippen LogP contribution in [0.1, 0.15) is 21.8 Å². The highest BCUT2D eigenvalue weighted by Gasteiger charge is 2.24. The first-order valence-corrected chi connectivity index (χ1v) is 6.79. The molecule has 1 heterocycles. The molecule has 0 saturated heterocycles. The fourth-order valence-electron chi connectivity index (χ4n) is 2.44. The van der Waals surface area contributed by atoms with Crippen LogP contribution in [-0.2, 0) is 0 Å². The molecule has 0 aromatic heterocycles. The molecular weight excluding hydrogens is 268 g/mol. The number of hydrogen-bond donors (Lipinski definition) is 0. The summed E-state index contributed by atoms with van der Waals surface area (Å²) in [4.78, 5) is 10.9. The summed E-state index contributed by atoms with van der Waals surface area (Å²) in [7, 11) is 1.58. The molecule has 0 radical (unpaired) electrons. The SMILES string of the molecule is COc1ccc(C=O)cc1OCC1COc2ccccc21. The monoisotopic (exact) mass is 284 g/mol.